The van der Waals surface area contributed by atoms with Gasteiger partial charge < -0.3 is 10.5 Å². The molecule has 0 fully saturated rings. The van der Waals surface area contributed by atoms with Crippen molar-refractivity contribution in [2.75, 3.05) is 6.61 Å². The molecule has 0 amide bonds. The van der Waals surface area contributed by atoms with E-state index in [-0.39, 0.29) is 5.70 Å². The summed E-state index contributed by atoms with van der Waals surface area (Å²) in [7, 11) is 0. The fourth-order valence-corrected chi connectivity index (χ4v) is 0.373. The molecular formula is C5H9NO2S. The molecule has 0 aliphatic carbocycles. The van der Waals surface area contributed by atoms with Crippen LogP contribution in [0.15, 0.2) is 11.1 Å². The Bertz CT molecular complexity index is 133. The van der Waals surface area contributed by atoms with Gasteiger partial charge in [0.05, 0.1) is 6.61 Å². The molecule has 0 aliphatic heterocycles. The first kappa shape index (κ1) is 8.36. The molecule has 0 spiro atoms. The van der Waals surface area contributed by atoms with Gasteiger partial charge in [0, 0.05) is 0 Å². The van der Waals surface area contributed by atoms with Crippen molar-refractivity contribution in [3.05, 3.63) is 11.1 Å². The number of hydrogen-bond acceptors (Lipinski definition) is 4. The van der Waals surface area contributed by atoms with Gasteiger partial charge in [0.15, 0.2) is 0 Å². The van der Waals surface area contributed by atoms with Crippen LogP contribution in [0, 0.1) is 0 Å². The molecule has 0 aromatic heterocycles. The van der Waals surface area contributed by atoms with Crippen molar-refractivity contribution >= 4 is 18.6 Å². The molecule has 0 saturated carbocycles. The summed E-state index contributed by atoms with van der Waals surface area (Å²) in [6.07, 6.45) is 0. The fourth-order valence-electron chi connectivity index (χ4n) is 0.267. The van der Waals surface area contributed by atoms with Gasteiger partial charge >= 0.3 is 5.97 Å². The highest BCUT2D eigenvalue weighted by molar-refractivity contribution is 7.83. The molecule has 2 N–H and O–H groups in total. The topological polar surface area (TPSA) is 52.3 Å². The lowest BCUT2D eigenvalue weighted by atomic mass is 10.5. The van der Waals surface area contributed by atoms with Crippen molar-refractivity contribution in [3.8, 4) is 0 Å². The monoisotopic (exact) mass is 147 g/mol. The molecule has 0 aromatic carbocycles. The van der Waals surface area contributed by atoms with E-state index in [4.69, 9.17) is 5.73 Å². The first-order chi connectivity index (χ1) is 4.22. The van der Waals surface area contributed by atoms with Gasteiger partial charge in [-0.05, 0) is 12.3 Å². The summed E-state index contributed by atoms with van der Waals surface area (Å²) in [4.78, 5) is 10.5. The first-order valence-electron chi connectivity index (χ1n) is 2.49. The Hall–Kier alpha value is -0.640. The third-order valence-electron chi connectivity index (χ3n) is 0.650. The molecule has 52 valence electrons. The van der Waals surface area contributed by atoms with Crippen LogP contribution in [-0.2, 0) is 9.53 Å². The molecule has 9 heavy (non-hydrogen) atoms. The molecule has 0 bridgehead atoms. The second kappa shape index (κ2) is 4.26. The lowest BCUT2D eigenvalue weighted by molar-refractivity contribution is -0.138. The van der Waals surface area contributed by atoms with Crippen molar-refractivity contribution in [1.82, 2.24) is 0 Å². The molecule has 0 radical (unpaired) electrons. The van der Waals surface area contributed by atoms with E-state index in [2.05, 4.69) is 17.4 Å². The molecule has 0 heterocycles. The highest BCUT2D eigenvalue weighted by atomic mass is 32.1. The maximum Gasteiger partial charge on any atom is 0.354 e. The standard InChI is InChI=1S/C5H9NO2S/c1-2-8-5(7)4(6)3-9/h3,9H,2,6H2,1H3/b4-3-. The van der Waals surface area contributed by atoms with Crippen LogP contribution >= 0.6 is 12.6 Å². The maximum atomic E-state index is 10.5. The third-order valence-corrected chi connectivity index (χ3v) is 0.928. The summed E-state index contributed by atoms with van der Waals surface area (Å²) in [5.41, 5.74) is 5.14. The van der Waals surface area contributed by atoms with Crippen molar-refractivity contribution < 1.29 is 9.53 Å². The zero-order valence-corrected chi connectivity index (χ0v) is 6.02. The Morgan fingerprint density at radius 3 is 2.78 bits per heavy atom. The Kier molecular flexibility index (Phi) is 3.96. The predicted octanol–water partition coefficient (Wildman–Crippen LogP) is 0.279. The minimum absolute atomic E-state index is 0.0279. The molecular weight excluding hydrogens is 138 g/mol. The van der Waals surface area contributed by atoms with Gasteiger partial charge in [-0.15, -0.1) is 12.6 Å². The first-order valence-corrected chi connectivity index (χ1v) is 3.01. The van der Waals surface area contributed by atoms with Crippen molar-refractivity contribution in [2.45, 2.75) is 6.92 Å². The van der Waals surface area contributed by atoms with Crippen LogP contribution in [0.2, 0.25) is 0 Å². The lowest BCUT2D eigenvalue weighted by Crippen LogP contribution is -2.13. The number of hydrogen-bond donors (Lipinski definition) is 2. The van der Waals surface area contributed by atoms with E-state index in [1.807, 2.05) is 0 Å². The van der Waals surface area contributed by atoms with Crippen LogP contribution in [0.5, 0.6) is 0 Å². The van der Waals surface area contributed by atoms with E-state index in [1.165, 1.54) is 5.41 Å². The Morgan fingerprint density at radius 1 is 1.89 bits per heavy atom. The predicted molar refractivity (Wildman–Crippen MR) is 37.9 cm³/mol. The minimum Gasteiger partial charge on any atom is -0.461 e. The molecule has 0 rings (SSSR count). The van der Waals surface area contributed by atoms with Crippen molar-refractivity contribution in [3.63, 3.8) is 0 Å². The second-order valence-electron chi connectivity index (χ2n) is 1.30. The Labute approximate surface area is 59.3 Å². The zero-order valence-electron chi connectivity index (χ0n) is 5.13. The van der Waals surface area contributed by atoms with Crippen molar-refractivity contribution in [1.29, 1.82) is 0 Å². The molecule has 4 heteroatoms. The van der Waals surface area contributed by atoms with Gasteiger partial charge in [0.1, 0.15) is 5.70 Å². The number of rotatable bonds is 2. The van der Waals surface area contributed by atoms with Crippen molar-refractivity contribution in [2.24, 2.45) is 5.73 Å². The van der Waals surface area contributed by atoms with Crippen LogP contribution in [0.1, 0.15) is 6.92 Å². The molecule has 0 atom stereocenters. The smallest absolute Gasteiger partial charge is 0.354 e. The van der Waals surface area contributed by atoms with Crippen LogP contribution in [0.4, 0.5) is 0 Å². The summed E-state index contributed by atoms with van der Waals surface area (Å²) in [6, 6.07) is 0. The largest absolute Gasteiger partial charge is 0.461 e. The highest BCUT2D eigenvalue weighted by Crippen LogP contribution is 1.90. The van der Waals surface area contributed by atoms with Gasteiger partial charge in [-0.3, -0.25) is 0 Å². The van der Waals surface area contributed by atoms with Gasteiger partial charge in [0.2, 0.25) is 0 Å². The molecule has 0 aliphatic rings. The summed E-state index contributed by atoms with van der Waals surface area (Å²) in [5, 5.41) is 1.21. The van der Waals surface area contributed by atoms with Crippen LogP contribution < -0.4 is 5.73 Å². The Balaban J connectivity index is 3.74. The van der Waals surface area contributed by atoms with E-state index in [0.717, 1.165) is 0 Å². The van der Waals surface area contributed by atoms with E-state index in [9.17, 15) is 4.79 Å². The van der Waals surface area contributed by atoms with Gasteiger partial charge in [-0.25, -0.2) is 4.79 Å². The second-order valence-corrected chi connectivity index (χ2v) is 1.56. The van der Waals surface area contributed by atoms with Crippen LogP contribution in [0.25, 0.3) is 0 Å². The van der Waals surface area contributed by atoms with Gasteiger partial charge in [-0.1, -0.05) is 0 Å². The maximum absolute atomic E-state index is 10.5. The number of thiol groups is 1. The van der Waals surface area contributed by atoms with E-state index in [1.54, 1.807) is 6.92 Å². The normalized spacial score (nSPS) is 11.1. The molecule has 0 unspecified atom stereocenters. The average molecular weight is 147 g/mol. The number of nitrogens with two attached hydrogens (primary N) is 1. The summed E-state index contributed by atoms with van der Waals surface area (Å²) >= 11 is 3.66. The highest BCUT2D eigenvalue weighted by Gasteiger charge is 2.01. The van der Waals surface area contributed by atoms with E-state index < -0.39 is 5.97 Å². The summed E-state index contributed by atoms with van der Waals surface area (Å²) in [5.74, 6) is -0.521. The van der Waals surface area contributed by atoms with Crippen LogP contribution in [0.3, 0.4) is 0 Å². The summed E-state index contributed by atoms with van der Waals surface area (Å²) < 4.78 is 4.51. The number of ether oxygens (including phenoxy) is 1. The lowest BCUT2D eigenvalue weighted by Gasteiger charge is -1.98. The SMILES string of the molecule is CCOC(=O)/C(N)=C/S. The number of carbonyl (C=O) groups is 1. The van der Waals surface area contributed by atoms with Gasteiger partial charge in [-0.2, -0.15) is 0 Å². The zero-order chi connectivity index (χ0) is 7.28. The van der Waals surface area contributed by atoms with Gasteiger partial charge in [0.25, 0.3) is 0 Å². The summed E-state index contributed by atoms with van der Waals surface area (Å²) in [6.45, 7) is 2.05. The quantitative estimate of drug-likeness (QED) is 0.335. The molecule has 0 aromatic rings. The average Bonchev–Trinajstić information content (AvgIpc) is 1.87. The number of esters is 1. The molecule has 0 saturated heterocycles. The fraction of sp³-hybridized carbons (Fsp3) is 0.400. The molecule has 3 nitrogen and oxygen atoms in total. The van der Waals surface area contributed by atoms with E-state index in [0.29, 0.717) is 6.61 Å². The minimum atomic E-state index is -0.521. The van der Waals surface area contributed by atoms with Crippen LogP contribution in [-0.4, -0.2) is 12.6 Å². The number of carbonyl (C=O) groups excluding carboxylic acids is 1. The van der Waals surface area contributed by atoms with E-state index >= 15 is 0 Å². The Morgan fingerprint density at radius 2 is 2.44 bits per heavy atom. The third kappa shape index (κ3) is 3.03.